The van der Waals surface area contributed by atoms with Crippen LogP contribution in [0.25, 0.3) is 0 Å². The molecule has 0 aliphatic carbocycles. The average Bonchev–Trinajstić information content (AvgIpc) is 2.86. The maximum atomic E-state index is 9.20. The molecule has 1 aliphatic heterocycles. The van der Waals surface area contributed by atoms with Gasteiger partial charge in [-0.2, -0.15) is 0 Å². The van der Waals surface area contributed by atoms with Gasteiger partial charge in [-0.1, -0.05) is 6.07 Å². The predicted molar refractivity (Wildman–Crippen MR) is 79.0 cm³/mol. The quantitative estimate of drug-likeness (QED) is 0.897. The molecule has 2 N–H and O–H groups in total. The van der Waals surface area contributed by atoms with E-state index in [2.05, 4.69) is 51.3 Å². The number of anilines is 1. The zero-order chi connectivity index (χ0) is 13.1. The molecule has 1 aromatic carbocycles. The van der Waals surface area contributed by atoms with Crippen LogP contribution in [0.5, 0.6) is 0 Å². The monoisotopic (exact) mass is 312 g/mol. The number of hydrogen-bond acceptors (Lipinski definition) is 3. The third-order valence-electron chi connectivity index (χ3n) is 3.79. The maximum absolute atomic E-state index is 9.20. The van der Waals surface area contributed by atoms with Gasteiger partial charge in [-0.25, -0.2) is 0 Å². The Kier molecular flexibility index (Phi) is 4.65. The number of rotatable bonds is 4. The van der Waals surface area contributed by atoms with Crippen molar-refractivity contribution in [3.05, 3.63) is 28.2 Å². The van der Waals surface area contributed by atoms with Crippen molar-refractivity contribution in [1.29, 1.82) is 0 Å². The van der Waals surface area contributed by atoms with Gasteiger partial charge in [0.1, 0.15) is 0 Å². The van der Waals surface area contributed by atoms with Crippen molar-refractivity contribution in [2.75, 3.05) is 31.6 Å². The Balaban J connectivity index is 2.15. The van der Waals surface area contributed by atoms with Crippen molar-refractivity contribution in [2.24, 2.45) is 5.92 Å². The molecular formula is C14H21BrN2O. The molecule has 1 heterocycles. The molecule has 2 rings (SSSR count). The van der Waals surface area contributed by atoms with E-state index >= 15 is 0 Å². The van der Waals surface area contributed by atoms with Crippen LogP contribution in [0.15, 0.2) is 22.7 Å². The van der Waals surface area contributed by atoms with Gasteiger partial charge in [-0.3, -0.25) is 0 Å². The molecule has 2 atom stereocenters. The summed E-state index contributed by atoms with van der Waals surface area (Å²) in [6.07, 6.45) is 1.08. The van der Waals surface area contributed by atoms with Crippen molar-refractivity contribution in [3.63, 3.8) is 0 Å². The van der Waals surface area contributed by atoms with Crippen LogP contribution in [0.4, 0.5) is 5.69 Å². The van der Waals surface area contributed by atoms with E-state index in [-0.39, 0.29) is 0 Å². The number of aliphatic hydroxyl groups excluding tert-OH is 1. The molecule has 1 aromatic rings. The Bertz CT molecular complexity index is 411. The second-order valence-corrected chi connectivity index (χ2v) is 5.86. The first-order valence-corrected chi connectivity index (χ1v) is 7.27. The highest BCUT2D eigenvalue weighted by Gasteiger charge is 2.23. The number of hydrogen-bond donors (Lipinski definition) is 2. The summed E-state index contributed by atoms with van der Waals surface area (Å²) in [7, 11) is 1.97. The minimum absolute atomic E-state index is 0.295. The molecule has 1 aliphatic rings. The van der Waals surface area contributed by atoms with Crippen molar-refractivity contribution in [3.8, 4) is 0 Å². The third kappa shape index (κ3) is 2.87. The van der Waals surface area contributed by atoms with Gasteiger partial charge in [0.25, 0.3) is 0 Å². The van der Waals surface area contributed by atoms with Gasteiger partial charge in [0.05, 0.1) is 5.69 Å². The lowest BCUT2D eigenvalue weighted by atomic mass is 10.1. The van der Waals surface area contributed by atoms with E-state index < -0.39 is 0 Å². The fraction of sp³-hybridized carbons (Fsp3) is 0.571. The summed E-state index contributed by atoms with van der Waals surface area (Å²) >= 11 is 3.66. The summed E-state index contributed by atoms with van der Waals surface area (Å²) in [5.74, 6) is 0.424. The fourth-order valence-corrected chi connectivity index (χ4v) is 3.06. The molecule has 0 saturated carbocycles. The van der Waals surface area contributed by atoms with Crippen molar-refractivity contribution in [1.82, 2.24) is 5.32 Å². The van der Waals surface area contributed by atoms with E-state index in [0.717, 1.165) is 24.0 Å². The number of benzene rings is 1. The number of nitrogens with zero attached hydrogens (tertiary/aromatic N) is 1. The molecule has 3 nitrogen and oxygen atoms in total. The Hall–Kier alpha value is -0.580. The largest absolute Gasteiger partial charge is 0.396 e. The van der Waals surface area contributed by atoms with Crippen molar-refractivity contribution in [2.45, 2.75) is 19.4 Å². The molecule has 0 spiro atoms. The number of halogens is 1. The zero-order valence-corrected chi connectivity index (χ0v) is 12.6. The van der Waals surface area contributed by atoms with Gasteiger partial charge < -0.3 is 15.3 Å². The molecule has 1 fully saturated rings. The summed E-state index contributed by atoms with van der Waals surface area (Å²) < 4.78 is 1.14. The van der Waals surface area contributed by atoms with Crippen LogP contribution < -0.4 is 10.2 Å². The lowest BCUT2D eigenvalue weighted by molar-refractivity contribution is 0.238. The molecule has 18 heavy (non-hydrogen) atoms. The topological polar surface area (TPSA) is 35.5 Å². The average molecular weight is 313 g/mol. The summed E-state index contributed by atoms with van der Waals surface area (Å²) in [6, 6.07) is 6.89. The summed E-state index contributed by atoms with van der Waals surface area (Å²) in [6.45, 7) is 4.43. The van der Waals surface area contributed by atoms with Gasteiger partial charge in [-0.05, 0) is 54.0 Å². The first-order valence-electron chi connectivity index (χ1n) is 6.48. The molecule has 2 unspecified atom stereocenters. The number of aliphatic hydroxyl groups is 1. The highest BCUT2D eigenvalue weighted by Crippen LogP contribution is 2.32. The summed E-state index contributed by atoms with van der Waals surface area (Å²) in [4.78, 5) is 2.35. The van der Waals surface area contributed by atoms with Crippen LogP contribution >= 0.6 is 15.9 Å². The molecular weight excluding hydrogens is 292 g/mol. The van der Waals surface area contributed by atoms with E-state index in [4.69, 9.17) is 0 Å². The van der Waals surface area contributed by atoms with E-state index in [1.807, 2.05) is 7.05 Å². The van der Waals surface area contributed by atoms with Crippen LogP contribution in [0.1, 0.15) is 24.9 Å². The second kappa shape index (κ2) is 6.04. The Morgan fingerprint density at radius 2 is 2.33 bits per heavy atom. The highest BCUT2D eigenvalue weighted by atomic mass is 79.9. The van der Waals surface area contributed by atoms with E-state index in [9.17, 15) is 5.11 Å². The normalized spacial score (nSPS) is 21.3. The molecule has 0 radical (unpaired) electrons. The third-order valence-corrected chi connectivity index (χ3v) is 4.42. The Labute approximate surface area is 117 Å². The fourth-order valence-electron chi connectivity index (χ4n) is 2.42. The lowest BCUT2D eigenvalue weighted by Crippen LogP contribution is -2.21. The van der Waals surface area contributed by atoms with Gasteiger partial charge >= 0.3 is 0 Å². The predicted octanol–water partition coefficient (Wildman–Crippen LogP) is 2.55. The maximum Gasteiger partial charge on any atom is 0.0510 e. The van der Waals surface area contributed by atoms with Crippen LogP contribution in [0.2, 0.25) is 0 Å². The summed E-state index contributed by atoms with van der Waals surface area (Å²) in [5, 5.41) is 12.4. The van der Waals surface area contributed by atoms with Gasteiger partial charge in [0.15, 0.2) is 0 Å². The molecule has 0 aromatic heterocycles. The molecule has 1 saturated heterocycles. The van der Waals surface area contributed by atoms with Crippen LogP contribution in [-0.4, -0.2) is 31.9 Å². The molecule has 4 heteroatoms. The van der Waals surface area contributed by atoms with Gasteiger partial charge in [0, 0.05) is 36.1 Å². The lowest BCUT2D eigenvalue weighted by Gasteiger charge is -2.21. The second-order valence-electron chi connectivity index (χ2n) is 5.00. The standard InChI is InChI=1S/C14H21BrN2O/c1-10(16-2)12-3-4-14(13(15)7-12)17-6-5-11(8-17)9-18/h3-4,7,10-11,16,18H,5-6,8-9H2,1-2H3. The van der Waals surface area contributed by atoms with E-state index in [1.54, 1.807) is 0 Å². The van der Waals surface area contributed by atoms with Crippen molar-refractivity contribution >= 4 is 21.6 Å². The minimum atomic E-state index is 0.295. The van der Waals surface area contributed by atoms with E-state index in [1.165, 1.54) is 11.3 Å². The van der Waals surface area contributed by atoms with Gasteiger partial charge in [-0.15, -0.1) is 0 Å². The minimum Gasteiger partial charge on any atom is -0.396 e. The SMILES string of the molecule is CNC(C)c1ccc(N2CCC(CO)C2)c(Br)c1. The smallest absolute Gasteiger partial charge is 0.0510 e. The van der Waals surface area contributed by atoms with Crippen LogP contribution in [0, 0.1) is 5.92 Å². The van der Waals surface area contributed by atoms with Crippen LogP contribution in [-0.2, 0) is 0 Å². The van der Waals surface area contributed by atoms with E-state index in [0.29, 0.717) is 18.6 Å². The molecule has 100 valence electrons. The Morgan fingerprint density at radius 3 is 2.89 bits per heavy atom. The highest BCUT2D eigenvalue weighted by molar-refractivity contribution is 9.10. The summed E-state index contributed by atoms with van der Waals surface area (Å²) in [5.41, 5.74) is 2.52. The molecule has 0 bridgehead atoms. The van der Waals surface area contributed by atoms with Crippen molar-refractivity contribution < 1.29 is 5.11 Å². The Morgan fingerprint density at radius 1 is 1.56 bits per heavy atom. The van der Waals surface area contributed by atoms with Crippen LogP contribution in [0.3, 0.4) is 0 Å². The first-order chi connectivity index (χ1) is 8.65. The van der Waals surface area contributed by atoms with Gasteiger partial charge in [0.2, 0.25) is 0 Å². The first kappa shape index (κ1) is 13.8. The zero-order valence-electron chi connectivity index (χ0n) is 11.0. The number of nitrogens with one attached hydrogen (secondary N) is 1. The molecule has 0 amide bonds.